The van der Waals surface area contributed by atoms with Crippen LogP contribution in [0.4, 0.5) is 0 Å². The number of β-amino-alcohol motifs (C(OH)–C–C–N with tert-alkyl or cyclic N) is 1. The zero-order chi connectivity index (χ0) is 19.5. The molecule has 2 atom stereocenters. The third kappa shape index (κ3) is 2.45. The van der Waals surface area contributed by atoms with Crippen LogP contribution in [0.2, 0.25) is 5.02 Å². The molecule has 3 aromatic rings. The number of likely N-dealkylation sites (tertiary alicyclic amines) is 1. The van der Waals surface area contributed by atoms with Gasteiger partial charge in [0.05, 0.1) is 17.7 Å². The van der Waals surface area contributed by atoms with Gasteiger partial charge in [-0.2, -0.15) is 0 Å². The van der Waals surface area contributed by atoms with E-state index in [-0.39, 0.29) is 5.41 Å². The van der Waals surface area contributed by atoms with Crippen molar-refractivity contribution >= 4 is 22.5 Å². The molecular formula is C23H25ClN2O2. The molecule has 2 N–H and O–H groups in total. The summed E-state index contributed by atoms with van der Waals surface area (Å²) in [5.74, 6) is 0.832. The van der Waals surface area contributed by atoms with Crippen molar-refractivity contribution in [3.8, 4) is 5.75 Å². The minimum atomic E-state index is -0.867. The number of ether oxygens (including phenoxy) is 1. The quantitative estimate of drug-likeness (QED) is 0.690. The highest BCUT2D eigenvalue weighted by atomic mass is 35.5. The van der Waals surface area contributed by atoms with Gasteiger partial charge in [-0.15, -0.1) is 0 Å². The van der Waals surface area contributed by atoms with E-state index in [1.807, 2.05) is 24.3 Å². The Morgan fingerprint density at radius 1 is 1.18 bits per heavy atom. The summed E-state index contributed by atoms with van der Waals surface area (Å²) in [6.07, 6.45) is 2.26. The van der Waals surface area contributed by atoms with Crippen molar-refractivity contribution in [2.24, 2.45) is 0 Å². The largest absolute Gasteiger partial charge is 0.497 e. The molecule has 2 aromatic carbocycles. The molecular weight excluding hydrogens is 372 g/mol. The maximum absolute atomic E-state index is 12.1. The molecule has 1 aliphatic heterocycles. The molecule has 2 aliphatic rings. The number of piperidine rings is 1. The van der Waals surface area contributed by atoms with Crippen LogP contribution in [0.15, 0.2) is 42.5 Å². The lowest BCUT2D eigenvalue weighted by molar-refractivity contribution is -0.0972. The summed E-state index contributed by atoms with van der Waals surface area (Å²) in [6.45, 7) is 1.59. The Kier molecular flexibility index (Phi) is 4.02. The van der Waals surface area contributed by atoms with Crippen LogP contribution in [-0.4, -0.2) is 47.8 Å². The lowest BCUT2D eigenvalue weighted by atomic mass is 9.56. The highest BCUT2D eigenvalue weighted by Gasteiger charge is 2.57. The van der Waals surface area contributed by atoms with Crippen molar-refractivity contribution in [3.05, 3.63) is 64.3 Å². The van der Waals surface area contributed by atoms with Crippen LogP contribution in [-0.2, 0) is 18.3 Å². The van der Waals surface area contributed by atoms with E-state index in [2.05, 4.69) is 35.1 Å². The molecule has 28 heavy (non-hydrogen) atoms. The second-order valence-electron chi connectivity index (χ2n) is 8.43. The van der Waals surface area contributed by atoms with E-state index in [1.54, 1.807) is 7.11 Å². The fourth-order valence-electron chi connectivity index (χ4n) is 5.47. The number of aromatic nitrogens is 1. The van der Waals surface area contributed by atoms with E-state index in [1.165, 1.54) is 5.69 Å². The van der Waals surface area contributed by atoms with Gasteiger partial charge < -0.3 is 19.7 Å². The lowest BCUT2D eigenvalue weighted by Gasteiger charge is -2.56. The van der Waals surface area contributed by atoms with Gasteiger partial charge in [-0.3, -0.25) is 0 Å². The summed E-state index contributed by atoms with van der Waals surface area (Å²) in [7, 11) is 3.78. The summed E-state index contributed by atoms with van der Waals surface area (Å²) in [4.78, 5) is 5.84. The predicted molar refractivity (Wildman–Crippen MR) is 112 cm³/mol. The van der Waals surface area contributed by atoms with Crippen LogP contribution in [0.3, 0.4) is 0 Å². The van der Waals surface area contributed by atoms with Crippen LogP contribution >= 0.6 is 11.6 Å². The van der Waals surface area contributed by atoms with Crippen LogP contribution in [0, 0.1) is 0 Å². The van der Waals surface area contributed by atoms with Crippen LogP contribution < -0.4 is 4.74 Å². The highest BCUT2D eigenvalue weighted by molar-refractivity contribution is 6.35. The third-order valence-corrected chi connectivity index (χ3v) is 7.19. The van der Waals surface area contributed by atoms with E-state index in [0.29, 0.717) is 13.0 Å². The average Bonchev–Trinajstić information content (AvgIpc) is 3.03. The Morgan fingerprint density at radius 2 is 2.00 bits per heavy atom. The minimum Gasteiger partial charge on any atom is -0.497 e. The van der Waals surface area contributed by atoms with Crippen molar-refractivity contribution in [2.45, 2.75) is 30.3 Å². The molecule has 1 fully saturated rings. The topological polar surface area (TPSA) is 48.5 Å². The van der Waals surface area contributed by atoms with Gasteiger partial charge >= 0.3 is 0 Å². The fraction of sp³-hybridized carbons (Fsp3) is 0.391. The second-order valence-corrected chi connectivity index (χ2v) is 8.84. The van der Waals surface area contributed by atoms with Gasteiger partial charge in [0.2, 0.25) is 0 Å². The first-order chi connectivity index (χ1) is 13.5. The molecule has 1 aromatic heterocycles. The van der Waals surface area contributed by atoms with E-state index < -0.39 is 5.60 Å². The van der Waals surface area contributed by atoms with Gasteiger partial charge in [0.15, 0.2) is 0 Å². The second kappa shape index (κ2) is 6.24. The third-order valence-electron chi connectivity index (χ3n) is 6.88. The molecule has 1 aliphatic carbocycles. The Labute approximate surface area is 170 Å². The number of benzene rings is 2. The summed E-state index contributed by atoms with van der Waals surface area (Å²) in [5, 5.41) is 13.9. The van der Waals surface area contributed by atoms with E-state index in [4.69, 9.17) is 16.3 Å². The molecule has 4 nitrogen and oxygen atoms in total. The Morgan fingerprint density at radius 3 is 2.82 bits per heavy atom. The van der Waals surface area contributed by atoms with Gasteiger partial charge in [-0.25, -0.2) is 0 Å². The summed E-state index contributed by atoms with van der Waals surface area (Å²) in [6, 6.07) is 14.2. The number of hydrogen-bond acceptors (Lipinski definition) is 3. The summed E-state index contributed by atoms with van der Waals surface area (Å²) in [5.41, 5.74) is 3.34. The maximum atomic E-state index is 12.1. The molecule has 5 heteroatoms. The lowest BCUT2D eigenvalue weighted by Crippen LogP contribution is -2.65. The first-order valence-corrected chi connectivity index (χ1v) is 10.2. The van der Waals surface area contributed by atoms with Gasteiger partial charge in [0, 0.05) is 41.4 Å². The first kappa shape index (κ1) is 18.0. The zero-order valence-electron chi connectivity index (χ0n) is 16.3. The number of fused-ring (bicyclic) bond motifs is 4. The summed E-state index contributed by atoms with van der Waals surface area (Å²) < 4.78 is 5.49. The molecule has 2 unspecified atom stereocenters. The molecule has 5 rings (SSSR count). The van der Waals surface area contributed by atoms with Crippen LogP contribution in [0.1, 0.15) is 23.2 Å². The summed E-state index contributed by atoms with van der Waals surface area (Å²) >= 11 is 6.55. The fourth-order valence-corrected chi connectivity index (χ4v) is 5.76. The smallest absolute Gasteiger partial charge is 0.119 e. The zero-order valence-corrected chi connectivity index (χ0v) is 17.0. The molecule has 2 heterocycles. The van der Waals surface area contributed by atoms with Crippen molar-refractivity contribution in [3.63, 3.8) is 0 Å². The molecule has 0 spiro atoms. The Balaban J connectivity index is 1.73. The van der Waals surface area contributed by atoms with Gasteiger partial charge in [0.1, 0.15) is 5.75 Å². The number of methoxy groups -OCH3 is 1. The van der Waals surface area contributed by atoms with E-state index in [9.17, 15) is 5.11 Å². The van der Waals surface area contributed by atoms with Crippen LogP contribution in [0.25, 0.3) is 10.9 Å². The van der Waals surface area contributed by atoms with Crippen LogP contribution in [0.5, 0.6) is 5.75 Å². The van der Waals surface area contributed by atoms with Crippen molar-refractivity contribution in [2.75, 3.05) is 27.2 Å². The van der Waals surface area contributed by atoms with Crippen molar-refractivity contribution < 1.29 is 9.84 Å². The number of halogens is 1. The Hall–Kier alpha value is -2.01. The van der Waals surface area contributed by atoms with E-state index >= 15 is 0 Å². The van der Waals surface area contributed by atoms with Gasteiger partial charge in [0.25, 0.3) is 0 Å². The first-order valence-electron chi connectivity index (χ1n) is 9.79. The number of likely N-dealkylation sites (N-methyl/N-ethyl adjacent to an activating group) is 1. The number of aromatic amines is 1. The molecule has 0 amide bonds. The Bertz CT molecular complexity index is 1060. The normalized spacial score (nSPS) is 27.4. The molecule has 0 bridgehead atoms. The SMILES string of the molecule is COc1cccc(C23CCN(C)CC2(O)Cc2c([nH]c4cccc(Cl)c24)C3)c1. The minimum absolute atomic E-state index is 0.353. The number of hydrogen-bond donors (Lipinski definition) is 2. The molecule has 0 saturated carbocycles. The van der Waals surface area contributed by atoms with Gasteiger partial charge in [-0.05, 0) is 55.4 Å². The number of nitrogens with zero attached hydrogens (tertiary/aromatic N) is 1. The molecule has 1 saturated heterocycles. The predicted octanol–water partition coefficient (Wildman–Crippen LogP) is 3.93. The maximum Gasteiger partial charge on any atom is 0.119 e. The van der Waals surface area contributed by atoms with Gasteiger partial charge in [-0.1, -0.05) is 29.8 Å². The van der Waals surface area contributed by atoms with E-state index in [0.717, 1.165) is 52.2 Å². The van der Waals surface area contributed by atoms with Crippen molar-refractivity contribution in [1.82, 2.24) is 9.88 Å². The number of rotatable bonds is 2. The molecule has 146 valence electrons. The van der Waals surface area contributed by atoms with Crippen molar-refractivity contribution in [1.29, 1.82) is 0 Å². The number of nitrogens with one attached hydrogen (secondary N) is 1. The monoisotopic (exact) mass is 396 g/mol. The number of aliphatic hydroxyl groups is 1. The average molecular weight is 397 g/mol. The standard InChI is InChI=1S/C23H25ClN2O2/c1-26-10-9-22(15-5-3-6-16(11-15)28-2)13-20-17(12-23(22,27)14-26)21-18(24)7-4-8-19(21)25-20/h3-8,11,25,27H,9-10,12-14H2,1-2H3. The molecule has 0 radical (unpaired) electrons. The number of H-pyrrole nitrogens is 1. The highest BCUT2D eigenvalue weighted by Crippen LogP contribution is 2.52.